The minimum absolute atomic E-state index is 0.0212. The van der Waals surface area contributed by atoms with Crippen LogP contribution in [0, 0.1) is 5.41 Å². The van der Waals surface area contributed by atoms with Gasteiger partial charge in [-0.05, 0) is 59.7 Å². The molecule has 0 bridgehead atoms. The molecule has 1 unspecified atom stereocenters. The maximum atomic E-state index is 12.7. The van der Waals surface area contributed by atoms with Gasteiger partial charge in [-0.1, -0.05) is 6.07 Å². The highest BCUT2D eigenvalue weighted by Gasteiger charge is 2.22. The smallest absolute Gasteiger partial charge is 0.349 e. The molecule has 0 spiro atoms. The summed E-state index contributed by atoms with van der Waals surface area (Å²) in [6, 6.07) is 15.5. The Morgan fingerprint density at radius 2 is 2.00 bits per heavy atom. The average molecular weight is 460 g/mol. The summed E-state index contributed by atoms with van der Waals surface area (Å²) in [5.74, 6) is 1.28. The number of nitrogens with zero attached hydrogens (tertiary/aromatic N) is 4. The summed E-state index contributed by atoms with van der Waals surface area (Å²) in [4.78, 5) is 15.5. The van der Waals surface area contributed by atoms with Gasteiger partial charge < -0.3 is 20.5 Å². The van der Waals surface area contributed by atoms with Gasteiger partial charge in [0.2, 0.25) is 0 Å². The summed E-state index contributed by atoms with van der Waals surface area (Å²) in [5, 5.41) is 23.3. The van der Waals surface area contributed by atoms with Crippen molar-refractivity contribution >= 4 is 11.5 Å². The van der Waals surface area contributed by atoms with Gasteiger partial charge in [0.15, 0.2) is 11.6 Å². The number of benzene rings is 2. The van der Waals surface area contributed by atoms with E-state index < -0.39 is 11.7 Å². The van der Waals surface area contributed by atoms with E-state index in [1.165, 1.54) is 6.20 Å². The second-order valence-corrected chi connectivity index (χ2v) is 7.42. The minimum Gasteiger partial charge on any atom is -0.497 e. The molecule has 0 aliphatic rings. The van der Waals surface area contributed by atoms with E-state index >= 15 is 0 Å². The first kappa shape index (κ1) is 22.7. The summed E-state index contributed by atoms with van der Waals surface area (Å²) in [6.45, 7) is 0.384. The summed E-state index contributed by atoms with van der Waals surface area (Å²) in [6.07, 6.45) is 1.52. The van der Waals surface area contributed by atoms with E-state index in [0.717, 1.165) is 21.5 Å². The van der Waals surface area contributed by atoms with E-state index in [1.54, 1.807) is 50.6 Å². The molecule has 0 aliphatic heterocycles. The first-order valence-corrected chi connectivity index (χ1v) is 10.3. The maximum absolute atomic E-state index is 12.7. The van der Waals surface area contributed by atoms with Gasteiger partial charge >= 0.3 is 5.69 Å². The van der Waals surface area contributed by atoms with Crippen LogP contribution in [0.2, 0.25) is 0 Å². The fourth-order valence-corrected chi connectivity index (χ4v) is 3.48. The maximum Gasteiger partial charge on any atom is 0.349 e. The van der Waals surface area contributed by atoms with Crippen LogP contribution in [0.5, 0.6) is 5.75 Å². The first-order chi connectivity index (χ1) is 16.5. The summed E-state index contributed by atoms with van der Waals surface area (Å²) in [5.41, 5.74) is 8.15. The lowest BCUT2D eigenvalue weighted by Crippen LogP contribution is -2.17. The van der Waals surface area contributed by atoms with Crippen molar-refractivity contribution in [1.82, 2.24) is 25.0 Å². The van der Waals surface area contributed by atoms with Crippen LogP contribution in [0.15, 0.2) is 65.6 Å². The lowest BCUT2D eigenvalue weighted by Gasteiger charge is -2.20. The lowest BCUT2D eigenvalue weighted by atomic mass is 10.0. The van der Waals surface area contributed by atoms with Crippen molar-refractivity contribution < 1.29 is 9.47 Å². The van der Waals surface area contributed by atoms with Crippen molar-refractivity contribution in [3.63, 3.8) is 0 Å². The molecular weight excluding hydrogens is 436 g/mol. The molecule has 5 N–H and O–H groups in total. The Labute approximate surface area is 195 Å². The lowest BCUT2D eigenvalue weighted by molar-refractivity contribution is 0.184. The number of aromatic nitrogens is 5. The SMILES string of the molecule is COCc1cc(OC)cc(C(Nc2ccc(C(=N)N)cc2)c2nn(-c3cccnn3)c(=O)[nH]2)c1. The Bertz CT molecular complexity index is 1330. The predicted octanol–water partition coefficient (Wildman–Crippen LogP) is 1.99. The van der Waals surface area contributed by atoms with Crippen LogP contribution in [-0.2, 0) is 11.3 Å². The van der Waals surface area contributed by atoms with Crippen molar-refractivity contribution in [2.75, 3.05) is 19.5 Å². The van der Waals surface area contributed by atoms with E-state index in [1.807, 2.05) is 18.2 Å². The highest BCUT2D eigenvalue weighted by Crippen LogP contribution is 2.29. The fraction of sp³-hybridized carbons (Fsp3) is 0.174. The molecule has 0 saturated carbocycles. The Balaban J connectivity index is 1.80. The van der Waals surface area contributed by atoms with Gasteiger partial charge in [-0.3, -0.25) is 10.4 Å². The van der Waals surface area contributed by atoms with Crippen LogP contribution in [-0.4, -0.2) is 45.0 Å². The number of amidine groups is 1. The van der Waals surface area contributed by atoms with Gasteiger partial charge in [0.25, 0.3) is 0 Å². The first-order valence-electron chi connectivity index (χ1n) is 10.3. The molecule has 4 aromatic rings. The topological polar surface area (TPSA) is 157 Å². The number of nitrogens with one attached hydrogen (secondary N) is 3. The zero-order valence-corrected chi connectivity index (χ0v) is 18.6. The quantitative estimate of drug-likeness (QED) is 0.218. The van der Waals surface area contributed by atoms with E-state index in [0.29, 0.717) is 29.6 Å². The van der Waals surface area contributed by atoms with Crippen LogP contribution in [0.3, 0.4) is 0 Å². The van der Waals surface area contributed by atoms with Crippen molar-refractivity contribution in [3.8, 4) is 11.6 Å². The Kier molecular flexibility index (Phi) is 6.64. The van der Waals surface area contributed by atoms with E-state index in [-0.39, 0.29) is 5.84 Å². The largest absolute Gasteiger partial charge is 0.497 e. The highest BCUT2D eigenvalue weighted by atomic mass is 16.5. The minimum atomic E-state index is -0.556. The number of anilines is 1. The molecule has 0 radical (unpaired) electrons. The van der Waals surface area contributed by atoms with Gasteiger partial charge in [0.05, 0.1) is 13.7 Å². The number of ether oxygens (including phenoxy) is 2. The van der Waals surface area contributed by atoms with Gasteiger partial charge in [-0.15, -0.1) is 10.2 Å². The summed E-state index contributed by atoms with van der Waals surface area (Å²) >= 11 is 0. The molecule has 4 rings (SSSR count). The van der Waals surface area contributed by atoms with Crippen LogP contribution < -0.4 is 21.5 Å². The zero-order valence-electron chi connectivity index (χ0n) is 18.6. The van der Waals surface area contributed by atoms with Crippen LogP contribution in [0.25, 0.3) is 5.82 Å². The number of nitrogen functional groups attached to an aromatic ring is 1. The number of methoxy groups -OCH3 is 2. The van der Waals surface area contributed by atoms with Gasteiger partial charge in [-0.2, -0.15) is 9.78 Å². The number of hydrogen-bond acceptors (Lipinski definition) is 8. The second-order valence-electron chi connectivity index (χ2n) is 7.42. The van der Waals surface area contributed by atoms with Crippen molar-refractivity contribution in [2.45, 2.75) is 12.6 Å². The molecule has 0 amide bonds. The molecule has 2 aromatic carbocycles. The second kappa shape index (κ2) is 9.96. The molecule has 11 nitrogen and oxygen atoms in total. The molecule has 0 fully saturated rings. The number of rotatable bonds is 9. The molecule has 11 heteroatoms. The molecule has 34 heavy (non-hydrogen) atoms. The Morgan fingerprint density at radius 1 is 1.21 bits per heavy atom. The Morgan fingerprint density at radius 3 is 2.65 bits per heavy atom. The molecule has 2 aromatic heterocycles. The van der Waals surface area contributed by atoms with E-state index in [2.05, 4.69) is 25.6 Å². The molecular formula is C23H24N8O3. The van der Waals surface area contributed by atoms with Crippen molar-refractivity contribution in [1.29, 1.82) is 5.41 Å². The van der Waals surface area contributed by atoms with Gasteiger partial charge in [0.1, 0.15) is 17.6 Å². The molecule has 0 aliphatic carbocycles. The zero-order chi connectivity index (χ0) is 24.1. The van der Waals surface area contributed by atoms with Crippen molar-refractivity contribution in [3.05, 3.63) is 93.8 Å². The number of hydrogen-bond donors (Lipinski definition) is 4. The third kappa shape index (κ3) is 4.94. The van der Waals surface area contributed by atoms with Crippen LogP contribution >= 0.6 is 0 Å². The summed E-state index contributed by atoms with van der Waals surface area (Å²) in [7, 11) is 3.20. The normalized spacial score (nSPS) is 11.7. The predicted molar refractivity (Wildman–Crippen MR) is 126 cm³/mol. The Hall–Kier alpha value is -4.51. The molecule has 1 atom stereocenters. The number of aromatic amines is 1. The molecule has 2 heterocycles. The molecule has 174 valence electrons. The third-order valence-corrected chi connectivity index (χ3v) is 5.06. The average Bonchev–Trinajstić information content (AvgIpc) is 3.24. The summed E-state index contributed by atoms with van der Waals surface area (Å²) < 4.78 is 11.9. The standard InChI is InChI=1S/C23H24N8O3/c1-33-13-14-10-16(12-18(11-14)34-2)20(27-17-7-5-15(6-8-17)21(24)25)22-28-23(32)31(30-22)19-4-3-9-26-29-19/h3-12,20,27H,13H2,1-2H3,(H3,24,25)(H,28,30,32). The highest BCUT2D eigenvalue weighted by molar-refractivity contribution is 5.95. The van der Waals surface area contributed by atoms with Gasteiger partial charge in [-0.25, -0.2) is 4.79 Å². The van der Waals surface area contributed by atoms with E-state index in [9.17, 15) is 4.79 Å². The number of H-pyrrole nitrogens is 1. The van der Waals surface area contributed by atoms with Crippen LogP contribution in [0.1, 0.15) is 28.6 Å². The monoisotopic (exact) mass is 460 g/mol. The fourth-order valence-electron chi connectivity index (χ4n) is 3.48. The van der Waals surface area contributed by atoms with Crippen LogP contribution in [0.4, 0.5) is 5.69 Å². The van der Waals surface area contributed by atoms with E-state index in [4.69, 9.17) is 20.6 Å². The van der Waals surface area contributed by atoms with Gasteiger partial charge in [0, 0.05) is 24.6 Å². The molecule has 0 saturated heterocycles. The third-order valence-electron chi connectivity index (χ3n) is 5.06. The van der Waals surface area contributed by atoms with Crippen molar-refractivity contribution in [2.24, 2.45) is 5.73 Å². The number of nitrogens with two attached hydrogens (primary N) is 1.